The lowest BCUT2D eigenvalue weighted by Crippen LogP contribution is -2.09. The van der Waals surface area contributed by atoms with E-state index in [1.807, 2.05) is 24.3 Å². The minimum atomic E-state index is 0.0421. The molecule has 1 aliphatic rings. The highest BCUT2D eigenvalue weighted by Gasteiger charge is 2.23. The summed E-state index contributed by atoms with van der Waals surface area (Å²) in [5.74, 6) is 1.62. The lowest BCUT2D eigenvalue weighted by atomic mass is 9.89. The quantitative estimate of drug-likeness (QED) is 0.762. The van der Waals surface area contributed by atoms with Crippen LogP contribution >= 0.6 is 11.3 Å². The fourth-order valence-electron chi connectivity index (χ4n) is 3.25. The van der Waals surface area contributed by atoms with Crippen LogP contribution in [0.3, 0.4) is 0 Å². The van der Waals surface area contributed by atoms with Crippen LogP contribution in [0, 0.1) is 5.92 Å². The molecule has 0 bridgehead atoms. The van der Waals surface area contributed by atoms with E-state index in [2.05, 4.69) is 22.2 Å². The fourth-order valence-corrected chi connectivity index (χ4v) is 4.60. The van der Waals surface area contributed by atoms with Gasteiger partial charge in [0, 0.05) is 10.6 Å². The molecule has 1 aromatic carbocycles. The van der Waals surface area contributed by atoms with Crippen molar-refractivity contribution in [2.45, 2.75) is 32.8 Å². The van der Waals surface area contributed by atoms with E-state index in [1.165, 1.54) is 22.2 Å². The molecule has 0 saturated carbocycles. The molecule has 0 aliphatic heterocycles. The first kappa shape index (κ1) is 14.6. The third-order valence-electron chi connectivity index (χ3n) is 4.46. The second-order valence-corrected chi connectivity index (χ2v) is 7.32. The van der Waals surface area contributed by atoms with Crippen LogP contribution in [0.2, 0.25) is 0 Å². The molecule has 0 amide bonds. The largest absolute Gasteiger partial charge is 0.392 e. The minimum Gasteiger partial charge on any atom is -0.392 e. The van der Waals surface area contributed by atoms with Gasteiger partial charge in [0.15, 0.2) is 0 Å². The molecule has 4 nitrogen and oxygen atoms in total. The number of aliphatic hydroxyl groups excluding tert-OH is 1. The van der Waals surface area contributed by atoms with Crippen molar-refractivity contribution in [3.63, 3.8) is 0 Å². The molecule has 23 heavy (non-hydrogen) atoms. The molecule has 0 spiro atoms. The molecule has 0 saturated heterocycles. The summed E-state index contributed by atoms with van der Waals surface area (Å²) in [6, 6.07) is 7.80. The van der Waals surface area contributed by atoms with Crippen molar-refractivity contribution in [1.82, 2.24) is 9.97 Å². The van der Waals surface area contributed by atoms with E-state index in [-0.39, 0.29) is 6.61 Å². The zero-order valence-corrected chi connectivity index (χ0v) is 13.9. The van der Waals surface area contributed by atoms with Crippen LogP contribution in [-0.4, -0.2) is 15.1 Å². The van der Waals surface area contributed by atoms with Gasteiger partial charge in [0.2, 0.25) is 0 Å². The van der Waals surface area contributed by atoms with E-state index >= 15 is 0 Å². The zero-order valence-electron chi connectivity index (χ0n) is 13.0. The van der Waals surface area contributed by atoms with E-state index in [0.717, 1.165) is 40.7 Å². The average molecular weight is 325 g/mol. The molecule has 1 aliphatic carbocycles. The predicted octanol–water partition coefficient (Wildman–Crippen LogP) is 4.05. The molecule has 2 heterocycles. The Morgan fingerprint density at radius 3 is 3.13 bits per heavy atom. The smallest absolute Gasteiger partial charge is 0.142 e. The van der Waals surface area contributed by atoms with E-state index in [9.17, 15) is 5.11 Å². The zero-order chi connectivity index (χ0) is 15.8. The highest BCUT2D eigenvalue weighted by molar-refractivity contribution is 7.19. The minimum absolute atomic E-state index is 0.0421. The summed E-state index contributed by atoms with van der Waals surface area (Å²) in [4.78, 5) is 11.5. The predicted molar refractivity (Wildman–Crippen MR) is 94.3 cm³/mol. The average Bonchev–Trinajstić information content (AvgIpc) is 2.93. The van der Waals surface area contributed by atoms with Crippen molar-refractivity contribution >= 4 is 33.1 Å². The third-order valence-corrected chi connectivity index (χ3v) is 5.63. The summed E-state index contributed by atoms with van der Waals surface area (Å²) in [7, 11) is 0. The summed E-state index contributed by atoms with van der Waals surface area (Å²) in [5.41, 5.74) is 3.26. The maximum Gasteiger partial charge on any atom is 0.142 e. The molecule has 0 unspecified atom stereocenters. The monoisotopic (exact) mass is 325 g/mol. The Balaban J connectivity index is 1.78. The second kappa shape index (κ2) is 5.91. The summed E-state index contributed by atoms with van der Waals surface area (Å²) in [6.07, 6.45) is 5.12. The standard InChI is InChI=1S/C18H19N3OS/c1-11-5-6-14-15(7-11)23-18-16(14)17(19-10-20-18)21-13-4-2-3-12(8-13)9-22/h2-4,8,10-11,22H,5-7,9H2,1H3,(H,19,20,21)/t11-/m0/s1. The Labute approximate surface area is 139 Å². The van der Waals surface area contributed by atoms with Crippen LogP contribution in [-0.2, 0) is 19.4 Å². The van der Waals surface area contributed by atoms with Crippen LogP contribution in [0.4, 0.5) is 11.5 Å². The van der Waals surface area contributed by atoms with Crippen molar-refractivity contribution in [3.8, 4) is 0 Å². The van der Waals surface area contributed by atoms with Crippen molar-refractivity contribution in [2.75, 3.05) is 5.32 Å². The van der Waals surface area contributed by atoms with Gasteiger partial charge in [0.1, 0.15) is 17.0 Å². The van der Waals surface area contributed by atoms with E-state index in [0.29, 0.717) is 0 Å². The first-order chi connectivity index (χ1) is 11.2. The van der Waals surface area contributed by atoms with Crippen LogP contribution < -0.4 is 5.32 Å². The Morgan fingerprint density at radius 1 is 1.35 bits per heavy atom. The summed E-state index contributed by atoms with van der Waals surface area (Å²) < 4.78 is 0. The van der Waals surface area contributed by atoms with Gasteiger partial charge >= 0.3 is 0 Å². The van der Waals surface area contributed by atoms with Crippen molar-refractivity contribution in [1.29, 1.82) is 0 Å². The highest BCUT2D eigenvalue weighted by atomic mass is 32.1. The first-order valence-electron chi connectivity index (χ1n) is 7.96. The van der Waals surface area contributed by atoms with Crippen LogP contribution in [0.25, 0.3) is 10.2 Å². The number of thiophene rings is 1. The van der Waals surface area contributed by atoms with Gasteiger partial charge in [-0.3, -0.25) is 0 Å². The number of aliphatic hydroxyl groups is 1. The number of fused-ring (bicyclic) bond motifs is 3. The van der Waals surface area contributed by atoms with Gasteiger partial charge in [-0.05, 0) is 48.4 Å². The molecule has 2 aromatic heterocycles. The maximum atomic E-state index is 9.30. The molecule has 3 aromatic rings. The molecule has 0 radical (unpaired) electrons. The second-order valence-electron chi connectivity index (χ2n) is 6.24. The molecule has 118 valence electrons. The van der Waals surface area contributed by atoms with Gasteiger partial charge in [-0.15, -0.1) is 11.3 Å². The lowest BCUT2D eigenvalue weighted by Gasteiger charge is -2.18. The van der Waals surface area contributed by atoms with Crippen molar-refractivity contribution in [3.05, 3.63) is 46.6 Å². The molecule has 0 fully saturated rings. The lowest BCUT2D eigenvalue weighted by molar-refractivity contribution is 0.282. The summed E-state index contributed by atoms with van der Waals surface area (Å²) >= 11 is 1.80. The molecule has 4 rings (SSSR count). The highest BCUT2D eigenvalue weighted by Crippen LogP contribution is 2.40. The van der Waals surface area contributed by atoms with Gasteiger partial charge in [-0.25, -0.2) is 9.97 Å². The van der Waals surface area contributed by atoms with Gasteiger partial charge in [-0.2, -0.15) is 0 Å². The number of hydrogen-bond donors (Lipinski definition) is 2. The van der Waals surface area contributed by atoms with Gasteiger partial charge in [-0.1, -0.05) is 19.1 Å². The molecule has 2 N–H and O–H groups in total. The first-order valence-corrected chi connectivity index (χ1v) is 8.78. The Hall–Kier alpha value is -1.98. The number of hydrogen-bond acceptors (Lipinski definition) is 5. The van der Waals surface area contributed by atoms with E-state index in [1.54, 1.807) is 17.7 Å². The van der Waals surface area contributed by atoms with E-state index in [4.69, 9.17) is 0 Å². The molecule has 1 atom stereocenters. The third kappa shape index (κ3) is 2.71. The topological polar surface area (TPSA) is 58.0 Å². The number of aryl methyl sites for hydroxylation is 1. The van der Waals surface area contributed by atoms with E-state index < -0.39 is 0 Å². The number of nitrogens with one attached hydrogen (secondary N) is 1. The number of benzene rings is 1. The number of aromatic nitrogens is 2. The normalized spacial score (nSPS) is 17.2. The van der Waals surface area contributed by atoms with Crippen LogP contribution in [0.5, 0.6) is 0 Å². The molecule has 5 heteroatoms. The molecular weight excluding hydrogens is 306 g/mol. The van der Waals surface area contributed by atoms with Crippen LogP contribution in [0.1, 0.15) is 29.3 Å². The van der Waals surface area contributed by atoms with Gasteiger partial charge < -0.3 is 10.4 Å². The Bertz CT molecular complexity index is 859. The number of nitrogens with zero attached hydrogens (tertiary/aromatic N) is 2. The summed E-state index contributed by atoms with van der Waals surface area (Å²) in [5, 5.41) is 13.9. The Kier molecular flexibility index (Phi) is 3.75. The number of anilines is 2. The number of rotatable bonds is 3. The molecular formula is C18H19N3OS. The van der Waals surface area contributed by atoms with Crippen molar-refractivity contribution in [2.24, 2.45) is 5.92 Å². The van der Waals surface area contributed by atoms with Crippen LogP contribution in [0.15, 0.2) is 30.6 Å². The SMILES string of the molecule is C[C@H]1CCc2c(sc3ncnc(Nc4cccc(CO)c4)c23)C1. The fraction of sp³-hybridized carbons (Fsp3) is 0.333. The Morgan fingerprint density at radius 2 is 2.26 bits per heavy atom. The van der Waals surface area contributed by atoms with Gasteiger partial charge in [0.25, 0.3) is 0 Å². The maximum absolute atomic E-state index is 9.30. The van der Waals surface area contributed by atoms with Crippen molar-refractivity contribution < 1.29 is 5.11 Å². The summed E-state index contributed by atoms with van der Waals surface area (Å²) in [6.45, 7) is 2.36. The van der Waals surface area contributed by atoms with Gasteiger partial charge in [0.05, 0.1) is 12.0 Å².